The Balaban J connectivity index is 1.48. The van der Waals surface area contributed by atoms with E-state index in [9.17, 15) is 13.2 Å². The number of aryl methyl sites for hydroxylation is 1. The van der Waals surface area contributed by atoms with Crippen molar-refractivity contribution in [3.05, 3.63) is 114 Å². The van der Waals surface area contributed by atoms with Gasteiger partial charge < -0.3 is 4.74 Å². The molecule has 1 N–H and O–H groups in total. The van der Waals surface area contributed by atoms with Gasteiger partial charge in [0.2, 0.25) is 0 Å². The summed E-state index contributed by atoms with van der Waals surface area (Å²) >= 11 is 0. The summed E-state index contributed by atoms with van der Waals surface area (Å²) in [5.74, 6) is -0.715. The van der Waals surface area contributed by atoms with Crippen LogP contribution >= 0.6 is 0 Å². The first kappa shape index (κ1) is 24.3. The summed E-state index contributed by atoms with van der Waals surface area (Å²) in [5, 5.41) is 0. The molecule has 0 aliphatic carbocycles. The highest BCUT2D eigenvalue weighted by atomic mass is 32.2. The Kier molecular flexibility index (Phi) is 6.50. The van der Waals surface area contributed by atoms with E-state index in [0.29, 0.717) is 23.6 Å². The molecule has 8 heteroatoms. The van der Waals surface area contributed by atoms with Gasteiger partial charge in [-0.2, -0.15) is 4.98 Å². The number of rotatable bonds is 7. The number of fused-ring (bicyclic) bond motifs is 1. The Morgan fingerprint density at radius 1 is 0.892 bits per heavy atom. The van der Waals surface area contributed by atoms with Crippen LogP contribution in [0.3, 0.4) is 0 Å². The topological polar surface area (TPSA) is 90.3 Å². The molecule has 0 atom stereocenters. The Morgan fingerprint density at radius 3 is 2.16 bits per heavy atom. The first-order valence-corrected chi connectivity index (χ1v) is 13.2. The first-order valence-electron chi connectivity index (χ1n) is 11.7. The molecular formula is C29H25N3O4S. The number of amides is 1. The summed E-state index contributed by atoms with van der Waals surface area (Å²) in [5.41, 5.74) is 5.57. The van der Waals surface area contributed by atoms with Gasteiger partial charge in [-0.15, -0.1) is 0 Å². The zero-order chi connectivity index (χ0) is 26.0. The number of imidazole rings is 1. The maximum atomic E-state index is 13.0. The van der Waals surface area contributed by atoms with Crippen LogP contribution < -0.4 is 9.46 Å². The Bertz CT molecular complexity index is 1680. The van der Waals surface area contributed by atoms with Gasteiger partial charge in [0.1, 0.15) is 0 Å². The molecule has 4 aromatic carbocycles. The third-order valence-corrected chi connectivity index (χ3v) is 7.48. The maximum absolute atomic E-state index is 13.0. The van der Waals surface area contributed by atoms with E-state index < -0.39 is 15.9 Å². The molecule has 37 heavy (non-hydrogen) atoms. The SMILES string of the molecule is COc1nc2c(C)cc(C(=O)NS(=O)(=O)c3ccccc3)cc2n1Cc1ccc(-c2ccccc2)cc1. The second kappa shape index (κ2) is 9.91. The van der Waals surface area contributed by atoms with Gasteiger partial charge in [0, 0.05) is 5.56 Å². The molecule has 1 amide bonds. The van der Waals surface area contributed by atoms with Gasteiger partial charge in [-0.3, -0.25) is 9.36 Å². The third kappa shape index (κ3) is 4.96. The molecule has 0 saturated heterocycles. The van der Waals surface area contributed by atoms with Crippen molar-refractivity contribution in [2.24, 2.45) is 0 Å². The van der Waals surface area contributed by atoms with Crippen molar-refractivity contribution in [3.8, 4) is 17.1 Å². The highest BCUT2D eigenvalue weighted by molar-refractivity contribution is 7.90. The minimum absolute atomic E-state index is 0.0202. The lowest BCUT2D eigenvalue weighted by Gasteiger charge is -2.11. The fourth-order valence-electron chi connectivity index (χ4n) is 4.27. The van der Waals surface area contributed by atoms with Gasteiger partial charge in [0.25, 0.3) is 21.9 Å². The van der Waals surface area contributed by atoms with Crippen LogP contribution in [-0.4, -0.2) is 31.0 Å². The van der Waals surface area contributed by atoms with Crippen LogP contribution in [0.4, 0.5) is 0 Å². The smallest absolute Gasteiger partial charge is 0.297 e. The van der Waals surface area contributed by atoms with Gasteiger partial charge in [-0.05, 0) is 53.4 Å². The third-order valence-electron chi connectivity index (χ3n) is 6.14. The number of carbonyl (C=O) groups is 1. The van der Waals surface area contributed by atoms with Crippen LogP contribution in [0.1, 0.15) is 21.5 Å². The Labute approximate surface area is 215 Å². The number of hydrogen-bond donors (Lipinski definition) is 1. The Morgan fingerprint density at radius 2 is 1.51 bits per heavy atom. The Hall–Kier alpha value is -4.43. The summed E-state index contributed by atoms with van der Waals surface area (Å²) in [4.78, 5) is 17.6. The molecule has 0 saturated carbocycles. The second-order valence-electron chi connectivity index (χ2n) is 8.66. The number of carbonyl (C=O) groups excluding carboxylic acids is 1. The van der Waals surface area contributed by atoms with Crippen LogP contribution in [0, 0.1) is 6.92 Å². The number of sulfonamides is 1. The lowest BCUT2D eigenvalue weighted by atomic mass is 10.0. The number of nitrogens with one attached hydrogen (secondary N) is 1. The number of ether oxygens (including phenoxy) is 1. The van der Waals surface area contributed by atoms with E-state index in [1.807, 2.05) is 41.8 Å². The molecule has 0 radical (unpaired) electrons. The van der Waals surface area contributed by atoms with E-state index >= 15 is 0 Å². The summed E-state index contributed by atoms with van der Waals surface area (Å²) in [7, 11) is -2.46. The van der Waals surface area contributed by atoms with E-state index in [2.05, 4.69) is 34.0 Å². The zero-order valence-electron chi connectivity index (χ0n) is 20.4. The molecule has 5 rings (SSSR count). The van der Waals surface area contributed by atoms with E-state index in [1.165, 1.54) is 12.1 Å². The monoisotopic (exact) mass is 511 g/mol. The van der Waals surface area contributed by atoms with Crippen molar-refractivity contribution < 1.29 is 17.9 Å². The van der Waals surface area contributed by atoms with Crippen molar-refractivity contribution in [2.45, 2.75) is 18.4 Å². The van der Waals surface area contributed by atoms with Crippen LogP contribution in [0.25, 0.3) is 22.2 Å². The molecule has 0 spiro atoms. The highest BCUT2D eigenvalue weighted by Gasteiger charge is 2.21. The predicted octanol–water partition coefficient (Wildman–Crippen LogP) is 5.19. The fourth-order valence-corrected chi connectivity index (χ4v) is 5.26. The summed E-state index contributed by atoms with van der Waals surface area (Å²) in [6.45, 7) is 2.29. The standard InChI is InChI=1S/C29H25N3O4S/c1-20-17-24(28(33)31-37(34,35)25-11-7-4-8-12-25)18-26-27(20)30-29(36-2)32(26)19-21-13-15-23(16-14-21)22-9-5-3-6-10-22/h3-18H,19H2,1-2H3,(H,31,33). The molecule has 1 heterocycles. The van der Waals surface area contributed by atoms with E-state index in [0.717, 1.165) is 22.3 Å². The summed E-state index contributed by atoms with van der Waals surface area (Å²) in [6, 6.07) is 29.8. The first-order chi connectivity index (χ1) is 17.9. The average molecular weight is 512 g/mol. The molecule has 0 aliphatic rings. The van der Waals surface area contributed by atoms with E-state index in [-0.39, 0.29) is 10.5 Å². The fraction of sp³-hybridized carbons (Fsp3) is 0.103. The van der Waals surface area contributed by atoms with Gasteiger partial charge >= 0.3 is 0 Å². The van der Waals surface area contributed by atoms with Crippen molar-refractivity contribution in [1.29, 1.82) is 0 Å². The molecule has 1 aromatic heterocycles. The van der Waals surface area contributed by atoms with Crippen LogP contribution in [0.5, 0.6) is 6.01 Å². The van der Waals surface area contributed by atoms with Gasteiger partial charge in [-0.1, -0.05) is 72.8 Å². The maximum Gasteiger partial charge on any atom is 0.297 e. The lowest BCUT2D eigenvalue weighted by molar-refractivity contribution is 0.0981. The summed E-state index contributed by atoms with van der Waals surface area (Å²) < 4.78 is 35.0. The molecule has 7 nitrogen and oxygen atoms in total. The van der Waals surface area contributed by atoms with Crippen LogP contribution in [-0.2, 0) is 16.6 Å². The summed E-state index contributed by atoms with van der Waals surface area (Å²) in [6.07, 6.45) is 0. The minimum Gasteiger partial charge on any atom is -0.468 e. The van der Waals surface area contributed by atoms with Gasteiger partial charge in [0.15, 0.2) is 0 Å². The van der Waals surface area contributed by atoms with Crippen molar-refractivity contribution in [2.75, 3.05) is 7.11 Å². The molecule has 0 bridgehead atoms. The molecule has 0 unspecified atom stereocenters. The number of nitrogens with zero attached hydrogens (tertiary/aromatic N) is 2. The number of hydrogen-bond acceptors (Lipinski definition) is 5. The molecular weight excluding hydrogens is 486 g/mol. The number of aromatic nitrogens is 2. The van der Waals surface area contributed by atoms with Crippen molar-refractivity contribution >= 4 is 27.0 Å². The number of methoxy groups -OCH3 is 1. The molecule has 5 aromatic rings. The minimum atomic E-state index is -4.01. The van der Waals surface area contributed by atoms with Crippen molar-refractivity contribution in [3.63, 3.8) is 0 Å². The molecule has 0 fully saturated rings. The molecule has 0 aliphatic heterocycles. The van der Waals surface area contributed by atoms with Crippen LogP contribution in [0.15, 0.2) is 102 Å². The largest absolute Gasteiger partial charge is 0.468 e. The number of benzene rings is 4. The zero-order valence-corrected chi connectivity index (χ0v) is 21.2. The second-order valence-corrected chi connectivity index (χ2v) is 10.3. The van der Waals surface area contributed by atoms with E-state index in [1.54, 1.807) is 37.4 Å². The quantitative estimate of drug-likeness (QED) is 0.325. The highest BCUT2D eigenvalue weighted by Crippen LogP contribution is 2.28. The predicted molar refractivity (Wildman–Crippen MR) is 143 cm³/mol. The average Bonchev–Trinajstić information content (AvgIpc) is 3.28. The van der Waals surface area contributed by atoms with Gasteiger partial charge in [0.05, 0.1) is 29.6 Å². The lowest BCUT2D eigenvalue weighted by Crippen LogP contribution is -2.30. The van der Waals surface area contributed by atoms with Crippen molar-refractivity contribution in [1.82, 2.24) is 14.3 Å². The van der Waals surface area contributed by atoms with E-state index in [4.69, 9.17) is 4.74 Å². The normalized spacial score (nSPS) is 11.4. The molecule has 186 valence electrons. The van der Waals surface area contributed by atoms with Gasteiger partial charge in [-0.25, -0.2) is 13.1 Å². The van der Waals surface area contributed by atoms with Crippen LogP contribution in [0.2, 0.25) is 0 Å².